The van der Waals surface area contributed by atoms with Crippen LogP contribution in [0.5, 0.6) is 0 Å². The highest BCUT2D eigenvalue weighted by molar-refractivity contribution is 7.80. The summed E-state index contributed by atoms with van der Waals surface area (Å²) in [6.07, 6.45) is -9.01. The standard InChI is InChI=1S/C16H17F6N7OS2/c1-8(26-28-13(31)24-6-15(17,18)19)11(9-2-4-10(5-3-9)12(23)30)27-29-14(32)25-7-16(20,21)22/h2-5H,6-7H2,1H3,(H2,23,30)(H2,24,28,31)(H2,25,29,32)/b26-8+,27-11-. The Morgan fingerprint density at radius 1 is 0.875 bits per heavy atom. The molecule has 0 bridgehead atoms. The number of carbonyl (C=O) groups excluding carboxylic acids is 1. The van der Waals surface area contributed by atoms with Crippen LogP contribution in [0.25, 0.3) is 0 Å². The second kappa shape index (κ2) is 11.6. The number of amides is 1. The molecule has 6 N–H and O–H groups in total. The van der Waals surface area contributed by atoms with Crippen LogP contribution >= 0.6 is 24.4 Å². The lowest BCUT2D eigenvalue weighted by Crippen LogP contribution is -2.40. The molecule has 0 aliphatic rings. The van der Waals surface area contributed by atoms with Crippen molar-refractivity contribution >= 4 is 52.0 Å². The molecule has 0 radical (unpaired) electrons. The number of hydrogen-bond acceptors (Lipinski definition) is 5. The Labute approximate surface area is 188 Å². The van der Waals surface area contributed by atoms with Crippen LogP contribution in [0.1, 0.15) is 22.8 Å². The van der Waals surface area contributed by atoms with E-state index in [1.165, 1.54) is 31.2 Å². The van der Waals surface area contributed by atoms with Gasteiger partial charge < -0.3 is 16.4 Å². The summed E-state index contributed by atoms with van der Waals surface area (Å²) in [6.45, 7) is -1.39. The first-order valence-electron chi connectivity index (χ1n) is 8.41. The van der Waals surface area contributed by atoms with Gasteiger partial charge in [0.25, 0.3) is 0 Å². The fourth-order valence-corrected chi connectivity index (χ4v) is 2.12. The molecule has 0 unspecified atom stereocenters. The normalized spacial score (nSPS) is 12.7. The number of nitrogens with two attached hydrogens (primary N) is 1. The van der Waals surface area contributed by atoms with Crippen molar-refractivity contribution in [3.05, 3.63) is 35.4 Å². The summed E-state index contributed by atoms with van der Waals surface area (Å²) in [5, 5.41) is 10.6. The van der Waals surface area contributed by atoms with Crippen molar-refractivity contribution in [3.8, 4) is 0 Å². The van der Waals surface area contributed by atoms with Gasteiger partial charge in [-0.15, -0.1) is 0 Å². The second-order valence-corrected chi connectivity index (χ2v) is 6.74. The van der Waals surface area contributed by atoms with E-state index < -0.39 is 41.6 Å². The number of hydrazone groups is 2. The Balaban J connectivity index is 3.04. The first-order valence-corrected chi connectivity index (χ1v) is 9.23. The lowest BCUT2D eigenvalue weighted by atomic mass is 10.0. The maximum Gasteiger partial charge on any atom is 0.405 e. The van der Waals surface area contributed by atoms with Crippen molar-refractivity contribution in [2.24, 2.45) is 15.9 Å². The molecular weight excluding hydrogens is 484 g/mol. The topological polar surface area (TPSA) is 116 Å². The van der Waals surface area contributed by atoms with Crippen LogP contribution in [-0.2, 0) is 0 Å². The molecule has 1 aromatic rings. The predicted molar refractivity (Wildman–Crippen MR) is 114 cm³/mol. The number of rotatable bonds is 7. The lowest BCUT2D eigenvalue weighted by Gasteiger charge is -2.13. The molecule has 0 saturated heterocycles. The molecule has 0 saturated carbocycles. The number of thiocarbonyl (C=S) groups is 2. The van der Waals surface area contributed by atoms with Gasteiger partial charge in [-0.2, -0.15) is 36.5 Å². The van der Waals surface area contributed by atoms with Gasteiger partial charge in [0.2, 0.25) is 5.91 Å². The lowest BCUT2D eigenvalue weighted by molar-refractivity contribution is -0.122. The van der Waals surface area contributed by atoms with E-state index >= 15 is 0 Å². The molecule has 0 fully saturated rings. The molecule has 0 heterocycles. The summed E-state index contributed by atoms with van der Waals surface area (Å²) in [5.41, 5.74) is 10.2. The molecule has 16 heteroatoms. The van der Waals surface area contributed by atoms with E-state index in [9.17, 15) is 31.1 Å². The van der Waals surface area contributed by atoms with E-state index in [0.29, 0.717) is 5.56 Å². The van der Waals surface area contributed by atoms with Crippen molar-refractivity contribution in [3.63, 3.8) is 0 Å². The van der Waals surface area contributed by atoms with Gasteiger partial charge >= 0.3 is 12.4 Å². The summed E-state index contributed by atoms with van der Waals surface area (Å²) in [7, 11) is 0. The van der Waals surface area contributed by atoms with E-state index in [0.717, 1.165) is 0 Å². The van der Waals surface area contributed by atoms with E-state index in [-0.39, 0.29) is 17.0 Å². The van der Waals surface area contributed by atoms with Gasteiger partial charge in [-0.1, -0.05) is 12.1 Å². The number of nitrogens with one attached hydrogen (secondary N) is 4. The Kier molecular flexibility index (Phi) is 9.77. The molecule has 0 aliphatic carbocycles. The zero-order valence-corrected chi connectivity index (χ0v) is 17.8. The molecular formula is C16H17F6N7OS2. The fraction of sp³-hybridized carbons (Fsp3) is 0.312. The highest BCUT2D eigenvalue weighted by Gasteiger charge is 2.27. The molecule has 0 aromatic heterocycles. The first kappa shape index (κ1) is 27.0. The minimum absolute atomic E-state index is 0.0308. The number of benzene rings is 1. The number of nitrogens with zero attached hydrogens (tertiary/aromatic N) is 2. The van der Waals surface area contributed by atoms with Crippen LogP contribution < -0.4 is 27.2 Å². The van der Waals surface area contributed by atoms with Gasteiger partial charge in [-0.05, 0) is 43.5 Å². The largest absolute Gasteiger partial charge is 0.405 e. The number of halogens is 6. The SMILES string of the molecule is CC(=N\NC(=S)NCC(F)(F)F)/C(=N/NC(=S)NCC(F)(F)F)c1ccc(C(N)=O)cc1. The van der Waals surface area contributed by atoms with Crippen LogP contribution in [0, 0.1) is 0 Å². The number of alkyl halides is 6. The third-order valence-electron chi connectivity index (χ3n) is 3.28. The minimum Gasteiger partial charge on any atom is -0.366 e. The van der Waals surface area contributed by atoms with Crippen LogP contribution in [-0.4, -0.2) is 53.0 Å². The summed E-state index contributed by atoms with van der Waals surface area (Å²) in [4.78, 5) is 11.2. The zero-order valence-electron chi connectivity index (χ0n) is 16.2. The summed E-state index contributed by atoms with van der Waals surface area (Å²) < 4.78 is 73.5. The molecule has 1 aromatic carbocycles. The van der Waals surface area contributed by atoms with Crippen LogP contribution in [0.3, 0.4) is 0 Å². The van der Waals surface area contributed by atoms with Crippen molar-refractivity contribution < 1.29 is 31.1 Å². The van der Waals surface area contributed by atoms with E-state index in [2.05, 4.69) is 21.1 Å². The van der Waals surface area contributed by atoms with Crippen LogP contribution in [0.2, 0.25) is 0 Å². The maximum absolute atomic E-state index is 12.3. The van der Waals surface area contributed by atoms with Crippen LogP contribution in [0.4, 0.5) is 26.3 Å². The smallest absolute Gasteiger partial charge is 0.366 e. The van der Waals surface area contributed by atoms with Crippen molar-refractivity contribution in [1.29, 1.82) is 0 Å². The molecule has 0 atom stereocenters. The van der Waals surface area contributed by atoms with Crippen LogP contribution in [0.15, 0.2) is 34.5 Å². The van der Waals surface area contributed by atoms with Gasteiger partial charge in [-0.3, -0.25) is 15.6 Å². The predicted octanol–water partition coefficient (Wildman–Crippen LogP) is 1.92. The molecule has 0 aliphatic heterocycles. The average molecular weight is 501 g/mol. The minimum atomic E-state index is -4.51. The third kappa shape index (κ3) is 10.9. The highest BCUT2D eigenvalue weighted by atomic mass is 32.1. The number of carbonyl (C=O) groups is 1. The monoisotopic (exact) mass is 501 g/mol. The van der Waals surface area contributed by atoms with Crippen molar-refractivity contribution in [1.82, 2.24) is 21.5 Å². The maximum atomic E-state index is 12.3. The van der Waals surface area contributed by atoms with Gasteiger partial charge in [0.1, 0.15) is 18.8 Å². The fourth-order valence-electron chi connectivity index (χ4n) is 1.88. The highest BCUT2D eigenvalue weighted by Crippen LogP contribution is 2.13. The number of primary amides is 1. The molecule has 1 rings (SSSR count). The summed E-state index contributed by atoms with van der Waals surface area (Å²) in [5.74, 6) is -0.696. The van der Waals surface area contributed by atoms with E-state index in [4.69, 9.17) is 30.2 Å². The second-order valence-electron chi connectivity index (χ2n) is 5.92. The van der Waals surface area contributed by atoms with Crippen molar-refractivity contribution in [2.75, 3.05) is 13.1 Å². The average Bonchev–Trinajstić information content (AvgIpc) is 2.68. The Morgan fingerprint density at radius 2 is 1.28 bits per heavy atom. The van der Waals surface area contributed by atoms with Gasteiger partial charge in [0.15, 0.2) is 10.2 Å². The molecule has 32 heavy (non-hydrogen) atoms. The van der Waals surface area contributed by atoms with E-state index in [1.807, 2.05) is 10.6 Å². The zero-order chi connectivity index (χ0) is 24.5. The molecule has 0 spiro atoms. The molecule has 8 nitrogen and oxygen atoms in total. The molecule has 176 valence electrons. The third-order valence-corrected chi connectivity index (χ3v) is 3.75. The number of hydrogen-bond donors (Lipinski definition) is 5. The Bertz CT molecular complexity index is 898. The van der Waals surface area contributed by atoms with Gasteiger partial charge in [0, 0.05) is 11.1 Å². The Hall–Kier alpha value is -3.01. The van der Waals surface area contributed by atoms with Gasteiger partial charge in [0.05, 0.1) is 5.71 Å². The quantitative estimate of drug-likeness (QED) is 0.168. The summed E-state index contributed by atoms with van der Waals surface area (Å²) >= 11 is 9.42. The molecule has 1 amide bonds. The first-order chi connectivity index (χ1) is 14.7. The Morgan fingerprint density at radius 3 is 1.69 bits per heavy atom. The van der Waals surface area contributed by atoms with Gasteiger partial charge in [-0.25, -0.2) is 0 Å². The summed E-state index contributed by atoms with van der Waals surface area (Å²) in [6, 6.07) is 5.57. The van der Waals surface area contributed by atoms with E-state index in [1.54, 1.807) is 0 Å². The van der Waals surface area contributed by atoms with Crippen molar-refractivity contribution in [2.45, 2.75) is 19.3 Å².